The van der Waals surface area contributed by atoms with Crippen LogP contribution >= 0.6 is 23.2 Å². The Morgan fingerprint density at radius 3 is 2.61 bits per heavy atom. The fourth-order valence-electron chi connectivity index (χ4n) is 2.43. The van der Waals surface area contributed by atoms with E-state index in [2.05, 4.69) is 4.98 Å². The van der Waals surface area contributed by atoms with Gasteiger partial charge in [0.2, 0.25) is 0 Å². The first-order valence-corrected chi connectivity index (χ1v) is 7.40. The van der Waals surface area contributed by atoms with Gasteiger partial charge in [-0.3, -0.25) is 0 Å². The summed E-state index contributed by atoms with van der Waals surface area (Å²) in [6, 6.07) is 9.44. The Bertz CT molecular complexity index is 927. The normalized spacial score (nSPS) is 10.7. The lowest BCUT2D eigenvalue weighted by Gasteiger charge is -2.09. The number of aromatic nitrogens is 2. The first-order chi connectivity index (χ1) is 11.1. The van der Waals surface area contributed by atoms with E-state index < -0.39 is 0 Å². The molecule has 0 aliphatic carbocycles. The number of rotatable bonds is 3. The fraction of sp³-hybridized carbons (Fsp3) is 0.125. The summed E-state index contributed by atoms with van der Waals surface area (Å²) in [6.07, 6.45) is 1.20. The molecule has 3 rings (SSSR count). The Morgan fingerprint density at radius 2 is 2.00 bits per heavy atom. The van der Waals surface area contributed by atoms with Crippen molar-refractivity contribution in [3.05, 3.63) is 51.9 Å². The second-order valence-corrected chi connectivity index (χ2v) is 5.60. The number of hydrogen-bond donors (Lipinski definition) is 1. The zero-order valence-electron chi connectivity index (χ0n) is 12.0. The summed E-state index contributed by atoms with van der Waals surface area (Å²) in [6.45, 7) is 0.381. The highest BCUT2D eigenvalue weighted by Gasteiger charge is 2.21. The summed E-state index contributed by atoms with van der Waals surface area (Å²) < 4.78 is 6.79. The lowest BCUT2D eigenvalue weighted by atomic mass is 10.2. The molecule has 0 saturated heterocycles. The lowest BCUT2D eigenvalue weighted by molar-refractivity contribution is 0.414. The number of pyridine rings is 1. The Morgan fingerprint density at radius 1 is 1.30 bits per heavy atom. The SMILES string of the molecule is COc1ccc(Cn2c(Cl)c(Cl)c3c(O)cnc(C#N)c32)cc1. The van der Waals surface area contributed by atoms with Crippen LogP contribution in [-0.4, -0.2) is 21.8 Å². The van der Waals surface area contributed by atoms with Gasteiger partial charge < -0.3 is 14.4 Å². The van der Waals surface area contributed by atoms with E-state index in [1.165, 1.54) is 6.20 Å². The number of nitriles is 1. The van der Waals surface area contributed by atoms with E-state index in [1.807, 2.05) is 30.3 Å². The molecule has 3 aromatic rings. The largest absolute Gasteiger partial charge is 0.506 e. The molecule has 0 aliphatic heterocycles. The van der Waals surface area contributed by atoms with Crippen molar-refractivity contribution in [2.75, 3.05) is 7.11 Å². The molecule has 0 radical (unpaired) electrons. The van der Waals surface area contributed by atoms with Crippen LogP contribution in [0.5, 0.6) is 11.5 Å². The van der Waals surface area contributed by atoms with Gasteiger partial charge in [-0.05, 0) is 17.7 Å². The zero-order valence-corrected chi connectivity index (χ0v) is 13.6. The minimum absolute atomic E-state index is 0.112. The van der Waals surface area contributed by atoms with E-state index in [4.69, 9.17) is 27.9 Å². The minimum atomic E-state index is -0.112. The molecule has 0 atom stereocenters. The molecule has 0 amide bonds. The van der Waals surface area contributed by atoms with Crippen LogP contribution in [0.25, 0.3) is 10.9 Å². The van der Waals surface area contributed by atoms with Gasteiger partial charge in [-0.2, -0.15) is 5.26 Å². The standard InChI is InChI=1S/C16H11Cl2N3O2/c1-23-10-4-2-9(3-5-10)8-21-15-11(6-19)20-7-12(22)13(15)14(17)16(21)18/h2-5,7,22H,8H2,1H3. The van der Waals surface area contributed by atoms with E-state index in [-0.39, 0.29) is 21.6 Å². The molecule has 0 bridgehead atoms. The van der Waals surface area contributed by atoms with E-state index in [0.717, 1.165) is 11.3 Å². The van der Waals surface area contributed by atoms with Crippen LogP contribution in [0.4, 0.5) is 0 Å². The molecule has 1 N–H and O–H groups in total. The smallest absolute Gasteiger partial charge is 0.165 e. The highest BCUT2D eigenvalue weighted by atomic mass is 35.5. The van der Waals surface area contributed by atoms with Gasteiger partial charge in [-0.15, -0.1) is 0 Å². The second kappa shape index (κ2) is 5.99. The number of methoxy groups -OCH3 is 1. The molecular formula is C16H11Cl2N3O2. The monoisotopic (exact) mass is 347 g/mol. The van der Waals surface area contributed by atoms with E-state index >= 15 is 0 Å². The van der Waals surface area contributed by atoms with Gasteiger partial charge in [0.15, 0.2) is 5.69 Å². The minimum Gasteiger partial charge on any atom is -0.506 e. The van der Waals surface area contributed by atoms with Crippen molar-refractivity contribution >= 4 is 34.1 Å². The van der Waals surface area contributed by atoms with Crippen molar-refractivity contribution in [3.8, 4) is 17.6 Å². The Balaban J connectivity index is 2.18. The molecule has 2 heterocycles. The molecule has 2 aromatic heterocycles. The van der Waals surface area contributed by atoms with Gasteiger partial charge >= 0.3 is 0 Å². The molecule has 1 aromatic carbocycles. The van der Waals surface area contributed by atoms with Gasteiger partial charge in [0.05, 0.1) is 29.2 Å². The van der Waals surface area contributed by atoms with Crippen molar-refractivity contribution in [1.82, 2.24) is 9.55 Å². The first kappa shape index (κ1) is 15.5. The second-order valence-electron chi connectivity index (χ2n) is 4.87. The predicted molar refractivity (Wildman–Crippen MR) is 88.2 cm³/mol. The summed E-state index contributed by atoms with van der Waals surface area (Å²) in [7, 11) is 1.60. The van der Waals surface area contributed by atoms with Gasteiger partial charge in [-0.1, -0.05) is 35.3 Å². The van der Waals surface area contributed by atoms with Gasteiger partial charge in [0.25, 0.3) is 0 Å². The summed E-state index contributed by atoms with van der Waals surface area (Å²) in [5.41, 5.74) is 1.51. The van der Waals surface area contributed by atoms with Crippen molar-refractivity contribution in [3.63, 3.8) is 0 Å². The van der Waals surface area contributed by atoms with Crippen LogP contribution in [-0.2, 0) is 6.54 Å². The average molecular weight is 348 g/mol. The third-order valence-corrected chi connectivity index (χ3v) is 4.40. The maximum Gasteiger partial charge on any atom is 0.165 e. The summed E-state index contributed by atoms with van der Waals surface area (Å²) in [4.78, 5) is 3.94. The van der Waals surface area contributed by atoms with Gasteiger partial charge in [-0.25, -0.2) is 4.98 Å². The van der Waals surface area contributed by atoms with E-state index in [1.54, 1.807) is 11.7 Å². The summed E-state index contributed by atoms with van der Waals surface area (Å²) in [5, 5.41) is 20.1. The van der Waals surface area contributed by atoms with Crippen LogP contribution < -0.4 is 4.74 Å². The van der Waals surface area contributed by atoms with Crippen molar-refractivity contribution in [1.29, 1.82) is 5.26 Å². The number of aromatic hydroxyl groups is 1. The number of ether oxygens (including phenoxy) is 1. The molecule has 0 spiro atoms. The van der Waals surface area contributed by atoms with Crippen LogP contribution in [0, 0.1) is 11.3 Å². The number of fused-ring (bicyclic) bond motifs is 1. The molecule has 0 saturated carbocycles. The topological polar surface area (TPSA) is 71.1 Å². The zero-order chi connectivity index (χ0) is 16.6. The molecule has 23 heavy (non-hydrogen) atoms. The lowest BCUT2D eigenvalue weighted by Crippen LogP contribution is -2.01. The first-order valence-electron chi connectivity index (χ1n) is 6.65. The maximum absolute atomic E-state index is 10.00. The Kier molecular flexibility index (Phi) is 4.03. The van der Waals surface area contributed by atoms with Crippen LogP contribution in [0.15, 0.2) is 30.5 Å². The summed E-state index contributed by atoms with van der Waals surface area (Å²) in [5.74, 6) is 0.631. The molecular weight excluding hydrogens is 337 g/mol. The van der Waals surface area contributed by atoms with Gasteiger partial charge in [0, 0.05) is 6.54 Å². The van der Waals surface area contributed by atoms with Crippen LogP contribution in [0.2, 0.25) is 10.2 Å². The number of halogens is 2. The van der Waals surface area contributed by atoms with Crippen molar-refractivity contribution in [2.24, 2.45) is 0 Å². The fourth-order valence-corrected chi connectivity index (χ4v) is 2.96. The maximum atomic E-state index is 10.00. The molecule has 0 aliphatic rings. The number of benzene rings is 1. The third kappa shape index (κ3) is 2.56. The number of hydrogen-bond acceptors (Lipinski definition) is 4. The molecule has 5 nitrogen and oxygen atoms in total. The molecule has 0 fully saturated rings. The van der Waals surface area contributed by atoms with Crippen molar-refractivity contribution in [2.45, 2.75) is 6.54 Å². The quantitative estimate of drug-likeness (QED) is 0.777. The van der Waals surface area contributed by atoms with Crippen molar-refractivity contribution < 1.29 is 9.84 Å². The van der Waals surface area contributed by atoms with Gasteiger partial charge in [0.1, 0.15) is 22.7 Å². The predicted octanol–water partition coefficient (Wildman–Crippen LogP) is 3.98. The number of nitrogens with zero attached hydrogens (tertiary/aromatic N) is 3. The summed E-state index contributed by atoms with van der Waals surface area (Å²) >= 11 is 12.5. The molecule has 7 heteroatoms. The highest BCUT2D eigenvalue weighted by molar-refractivity contribution is 6.45. The van der Waals surface area contributed by atoms with Crippen LogP contribution in [0.1, 0.15) is 11.3 Å². The average Bonchev–Trinajstić information content (AvgIpc) is 2.82. The third-order valence-electron chi connectivity index (χ3n) is 3.55. The highest BCUT2D eigenvalue weighted by Crippen LogP contribution is 2.40. The van der Waals surface area contributed by atoms with E-state index in [9.17, 15) is 10.4 Å². The van der Waals surface area contributed by atoms with E-state index in [0.29, 0.717) is 17.4 Å². The molecule has 116 valence electrons. The Labute approximate surface area is 142 Å². The Hall–Kier alpha value is -2.42. The molecule has 0 unspecified atom stereocenters. The van der Waals surface area contributed by atoms with Crippen LogP contribution in [0.3, 0.4) is 0 Å².